The summed E-state index contributed by atoms with van der Waals surface area (Å²) in [5.74, 6) is 1.04. The van der Waals surface area contributed by atoms with Crippen LogP contribution in [0.1, 0.15) is 25.3 Å². The number of hydrogen-bond donors (Lipinski definition) is 1. The lowest BCUT2D eigenvalue weighted by Gasteiger charge is -2.15. The van der Waals surface area contributed by atoms with E-state index in [9.17, 15) is 9.59 Å². The first kappa shape index (κ1) is 19.6. The molecule has 0 spiro atoms. The monoisotopic (exact) mass is 406 g/mol. The van der Waals surface area contributed by atoms with E-state index in [2.05, 4.69) is 15.5 Å². The van der Waals surface area contributed by atoms with Crippen LogP contribution >= 0.6 is 23.1 Å². The molecule has 2 amide bonds. The summed E-state index contributed by atoms with van der Waals surface area (Å²) in [6.07, 6.45) is 2.79. The molecule has 3 rings (SSSR count). The van der Waals surface area contributed by atoms with E-state index in [0.717, 1.165) is 30.6 Å². The maximum absolute atomic E-state index is 12.0. The third-order valence-corrected chi connectivity index (χ3v) is 6.13. The molecule has 144 valence electrons. The summed E-state index contributed by atoms with van der Waals surface area (Å²) in [7, 11) is 1.64. The molecule has 0 radical (unpaired) electrons. The Hall–Kier alpha value is -2.13. The molecule has 1 N–H and O–H groups in total. The number of methoxy groups -OCH3 is 1. The minimum atomic E-state index is -0.0455. The molecule has 0 bridgehead atoms. The van der Waals surface area contributed by atoms with Crippen LogP contribution in [0.15, 0.2) is 28.6 Å². The van der Waals surface area contributed by atoms with Gasteiger partial charge >= 0.3 is 0 Å². The molecule has 1 aliphatic carbocycles. The quantitative estimate of drug-likeness (QED) is 0.509. The second kappa shape index (κ2) is 9.18. The van der Waals surface area contributed by atoms with Crippen LogP contribution in [0.4, 0.5) is 5.13 Å². The van der Waals surface area contributed by atoms with Gasteiger partial charge in [0.25, 0.3) is 0 Å². The summed E-state index contributed by atoms with van der Waals surface area (Å²) < 4.78 is 5.82. The number of aromatic nitrogens is 2. The SMILES string of the molecule is COc1ccc(CCNC(=O)CSc2nnc(N(C(C)=O)C3CC3)s2)cc1. The summed E-state index contributed by atoms with van der Waals surface area (Å²) in [6, 6.07) is 8.05. The minimum Gasteiger partial charge on any atom is -0.497 e. The topological polar surface area (TPSA) is 84.4 Å². The maximum atomic E-state index is 12.0. The molecule has 1 heterocycles. The van der Waals surface area contributed by atoms with E-state index in [4.69, 9.17) is 4.74 Å². The van der Waals surface area contributed by atoms with Crippen molar-refractivity contribution < 1.29 is 14.3 Å². The molecule has 2 aromatic rings. The van der Waals surface area contributed by atoms with Crippen LogP contribution < -0.4 is 15.0 Å². The molecule has 9 heteroatoms. The summed E-state index contributed by atoms with van der Waals surface area (Å²) in [5.41, 5.74) is 1.14. The van der Waals surface area contributed by atoms with Gasteiger partial charge in [0.15, 0.2) is 4.34 Å². The van der Waals surface area contributed by atoms with E-state index in [0.29, 0.717) is 16.0 Å². The molecule has 27 heavy (non-hydrogen) atoms. The highest BCUT2D eigenvalue weighted by Gasteiger charge is 2.34. The van der Waals surface area contributed by atoms with Gasteiger partial charge < -0.3 is 10.1 Å². The molecule has 0 aliphatic heterocycles. The summed E-state index contributed by atoms with van der Waals surface area (Å²) in [6.45, 7) is 2.12. The van der Waals surface area contributed by atoms with Crippen LogP contribution in [-0.2, 0) is 16.0 Å². The van der Waals surface area contributed by atoms with Gasteiger partial charge in [0.1, 0.15) is 5.75 Å². The molecule has 0 atom stereocenters. The molecular weight excluding hydrogens is 384 g/mol. The predicted octanol–water partition coefficient (Wildman–Crippen LogP) is 2.51. The number of benzene rings is 1. The van der Waals surface area contributed by atoms with Crippen molar-refractivity contribution in [1.29, 1.82) is 0 Å². The number of rotatable bonds is 9. The highest BCUT2D eigenvalue weighted by molar-refractivity contribution is 8.01. The van der Waals surface area contributed by atoms with E-state index in [1.54, 1.807) is 18.9 Å². The summed E-state index contributed by atoms with van der Waals surface area (Å²) >= 11 is 2.70. The second-order valence-corrected chi connectivity index (χ2v) is 8.39. The fourth-order valence-electron chi connectivity index (χ4n) is 2.56. The van der Waals surface area contributed by atoms with E-state index < -0.39 is 0 Å². The van der Waals surface area contributed by atoms with Gasteiger partial charge in [0, 0.05) is 19.5 Å². The molecule has 1 aromatic heterocycles. The largest absolute Gasteiger partial charge is 0.497 e. The summed E-state index contributed by atoms with van der Waals surface area (Å²) in [5, 5.41) is 11.7. The molecule has 1 aromatic carbocycles. The highest BCUT2D eigenvalue weighted by atomic mass is 32.2. The molecule has 7 nitrogen and oxygen atoms in total. The van der Waals surface area contributed by atoms with Gasteiger partial charge in [-0.2, -0.15) is 0 Å². The van der Waals surface area contributed by atoms with Gasteiger partial charge in [-0.15, -0.1) is 10.2 Å². The van der Waals surface area contributed by atoms with E-state index >= 15 is 0 Å². The molecule has 1 fully saturated rings. The molecule has 1 saturated carbocycles. The average Bonchev–Trinajstić information content (AvgIpc) is 3.38. The zero-order valence-corrected chi connectivity index (χ0v) is 16.9. The number of carbonyl (C=O) groups excluding carboxylic acids is 2. The number of anilines is 1. The van der Waals surface area contributed by atoms with Gasteiger partial charge in [0.05, 0.1) is 12.9 Å². The average molecular weight is 407 g/mol. The first-order valence-corrected chi connectivity index (χ1v) is 10.5. The van der Waals surface area contributed by atoms with E-state index in [1.165, 1.54) is 23.1 Å². The standard InChI is InChI=1S/C18H22N4O3S2/c1-12(23)22(14-5-6-14)17-20-21-18(27-17)26-11-16(24)19-10-9-13-3-7-15(25-2)8-4-13/h3-4,7-8,14H,5-6,9-11H2,1-2H3,(H,19,24). The first-order chi connectivity index (χ1) is 13.1. The number of amides is 2. The van der Waals surface area contributed by atoms with Crippen molar-refractivity contribution in [2.24, 2.45) is 0 Å². The second-order valence-electron chi connectivity index (χ2n) is 6.21. The molecular formula is C18H22N4O3S2. The van der Waals surface area contributed by atoms with Crippen LogP contribution in [0.2, 0.25) is 0 Å². The van der Waals surface area contributed by atoms with Gasteiger partial charge in [-0.25, -0.2) is 0 Å². The lowest BCUT2D eigenvalue weighted by Crippen LogP contribution is -2.30. The molecule has 0 unspecified atom stereocenters. The number of nitrogens with zero attached hydrogens (tertiary/aromatic N) is 3. The number of ether oxygens (including phenoxy) is 1. The molecule has 1 aliphatic rings. The van der Waals surface area contributed by atoms with Crippen LogP contribution in [0.3, 0.4) is 0 Å². The van der Waals surface area contributed by atoms with Crippen LogP contribution in [0.5, 0.6) is 5.75 Å². The molecule has 0 saturated heterocycles. The number of nitrogens with one attached hydrogen (secondary N) is 1. The van der Waals surface area contributed by atoms with Crippen LogP contribution in [-0.4, -0.2) is 47.5 Å². The Morgan fingerprint density at radius 2 is 2.04 bits per heavy atom. The van der Waals surface area contributed by atoms with Crippen LogP contribution in [0.25, 0.3) is 0 Å². The maximum Gasteiger partial charge on any atom is 0.230 e. The van der Waals surface area contributed by atoms with Crippen molar-refractivity contribution in [3.8, 4) is 5.75 Å². The minimum absolute atomic E-state index is 0.0125. The van der Waals surface area contributed by atoms with Gasteiger partial charge in [-0.05, 0) is 37.0 Å². The Morgan fingerprint density at radius 1 is 1.30 bits per heavy atom. The van der Waals surface area contributed by atoms with Crippen molar-refractivity contribution in [2.75, 3.05) is 24.3 Å². The lowest BCUT2D eigenvalue weighted by atomic mass is 10.1. The van der Waals surface area contributed by atoms with E-state index in [-0.39, 0.29) is 23.6 Å². The smallest absolute Gasteiger partial charge is 0.230 e. The first-order valence-electron chi connectivity index (χ1n) is 8.72. The number of hydrogen-bond acceptors (Lipinski definition) is 7. The Kier molecular flexibility index (Phi) is 6.68. The van der Waals surface area contributed by atoms with Crippen molar-refractivity contribution in [1.82, 2.24) is 15.5 Å². The zero-order chi connectivity index (χ0) is 19.2. The Morgan fingerprint density at radius 3 is 2.67 bits per heavy atom. The zero-order valence-electron chi connectivity index (χ0n) is 15.3. The Bertz CT molecular complexity index is 790. The van der Waals surface area contributed by atoms with Crippen molar-refractivity contribution in [3.05, 3.63) is 29.8 Å². The third kappa shape index (κ3) is 5.67. The number of thioether (sulfide) groups is 1. The van der Waals surface area contributed by atoms with E-state index in [1.807, 2.05) is 24.3 Å². The van der Waals surface area contributed by atoms with Crippen molar-refractivity contribution in [2.45, 2.75) is 36.6 Å². The Balaban J connectivity index is 1.40. The number of carbonyl (C=O) groups is 2. The normalized spacial score (nSPS) is 13.3. The third-order valence-electron chi connectivity index (χ3n) is 4.07. The highest BCUT2D eigenvalue weighted by Crippen LogP contribution is 2.35. The van der Waals surface area contributed by atoms with Gasteiger partial charge in [0.2, 0.25) is 16.9 Å². The van der Waals surface area contributed by atoms with Gasteiger partial charge in [-0.1, -0.05) is 35.2 Å². The van der Waals surface area contributed by atoms with Crippen molar-refractivity contribution in [3.63, 3.8) is 0 Å². The summed E-state index contributed by atoms with van der Waals surface area (Å²) in [4.78, 5) is 25.5. The van der Waals surface area contributed by atoms with Crippen molar-refractivity contribution >= 4 is 40.0 Å². The fraction of sp³-hybridized carbons (Fsp3) is 0.444. The van der Waals surface area contributed by atoms with Gasteiger partial charge in [-0.3, -0.25) is 14.5 Å². The lowest BCUT2D eigenvalue weighted by molar-refractivity contribution is -0.118. The Labute approximate surface area is 166 Å². The fourth-order valence-corrected chi connectivity index (χ4v) is 4.34. The van der Waals surface area contributed by atoms with Crippen LogP contribution in [0, 0.1) is 0 Å². The predicted molar refractivity (Wildman–Crippen MR) is 107 cm³/mol.